The Hall–Kier alpha value is -2.62. The summed E-state index contributed by atoms with van der Waals surface area (Å²) >= 11 is 0. The third-order valence-electron chi connectivity index (χ3n) is 4.79. The Bertz CT molecular complexity index is 742. The van der Waals surface area contributed by atoms with Gasteiger partial charge in [0.2, 0.25) is 0 Å². The molecule has 0 spiro atoms. The summed E-state index contributed by atoms with van der Waals surface area (Å²) in [7, 11) is 0. The van der Waals surface area contributed by atoms with E-state index in [2.05, 4.69) is 31.2 Å². The molecule has 1 saturated heterocycles. The molecular weight excluding hydrogens is 326 g/mol. The van der Waals surface area contributed by atoms with Crippen LogP contribution in [0.2, 0.25) is 0 Å². The van der Waals surface area contributed by atoms with Crippen molar-refractivity contribution in [3.8, 4) is 11.1 Å². The Balaban J connectivity index is 1.56. The number of carbonyl (C=O) groups excluding carboxylic acids is 2. The van der Waals surface area contributed by atoms with Crippen molar-refractivity contribution in [1.29, 1.82) is 0 Å². The number of rotatable bonds is 4. The molecule has 1 amide bonds. The average Bonchev–Trinajstić information content (AvgIpc) is 2.96. The second-order valence-electron chi connectivity index (χ2n) is 6.81. The Morgan fingerprint density at radius 3 is 1.96 bits per heavy atom. The summed E-state index contributed by atoms with van der Waals surface area (Å²) in [6.07, 6.45) is 4.38. The zero-order valence-electron chi connectivity index (χ0n) is 15.2. The molecule has 0 aliphatic carbocycles. The molecule has 1 fully saturated rings. The van der Waals surface area contributed by atoms with Crippen molar-refractivity contribution in [2.75, 3.05) is 19.7 Å². The van der Waals surface area contributed by atoms with Crippen LogP contribution in [0.4, 0.5) is 0 Å². The average molecular weight is 351 g/mol. The highest BCUT2D eigenvalue weighted by Crippen LogP contribution is 2.20. The topological polar surface area (TPSA) is 46.6 Å². The lowest BCUT2D eigenvalue weighted by atomic mass is 10.0. The molecule has 26 heavy (non-hydrogen) atoms. The second kappa shape index (κ2) is 8.65. The highest BCUT2D eigenvalue weighted by atomic mass is 16.5. The normalized spacial score (nSPS) is 14.6. The number of likely N-dealkylation sites (tertiary alicyclic amines) is 1. The molecule has 0 saturated carbocycles. The monoisotopic (exact) mass is 351 g/mol. The van der Waals surface area contributed by atoms with E-state index in [0.29, 0.717) is 5.56 Å². The maximum Gasteiger partial charge on any atom is 0.338 e. The highest BCUT2D eigenvalue weighted by Gasteiger charge is 2.17. The van der Waals surface area contributed by atoms with Crippen LogP contribution in [0, 0.1) is 6.92 Å². The number of hydrogen-bond donors (Lipinski definition) is 0. The van der Waals surface area contributed by atoms with Crippen molar-refractivity contribution in [1.82, 2.24) is 4.90 Å². The standard InChI is InChI=1S/C22H25NO3/c1-17-6-8-18(9-7-17)19-10-12-20(13-11-19)22(25)26-16-21(24)23-14-4-2-3-5-15-23/h6-13H,2-5,14-16H2,1H3. The predicted molar refractivity (Wildman–Crippen MR) is 102 cm³/mol. The molecule has 0 bridgehead atoms. The molecule has 0 unspecified atom stereocenters. The number of hydrogen-bond acceptors (Lipinski definition) is 3. The van der Waals surface area contributed by atoms with Gasteiger partial charge in [0, 0.05) is 13.1 Å². The van der Waals surface area contributed by atoms with Crippen molar-refractivity contribution in [2.24, 2.45) is 0 Å². The lowest BCUT2D eigenvalue weighted by Crippen LogP contribution is -2.35. The molecule has 136 valence electrons. The summed E-state index contributed by atoms with van der Waals surface area (Å²) in [5.74, 6) is -0.555. The quantitative estimate of drug-likeness (QED) is 0.775. The summed E-state index contributed by atoms with van der Waals surface area (Å²) in [5, 5.41) is 0. The van der Waals surface area contributed by atoms with Gasteiger partial charge in [-0.25, -0.2) is 4.79 Å². The summed E-state index contributed by atoms with van der Waals surface area (Å²) in [6.45, 7) is 3.40. The van der Waals surface area contributed by atoms with Crippen LogP contribution in [0.5, 0.6) is 0 Å². The van der Waals surface area contributed by atoms with Gasteiger partial charge in [-0.3, -0.25) is 4.79 Å². The van der Waals surface area contributed by atoms with E-state index in [-0.39, 0.29) is 12.5 Å². The van der Waals surface area contributed by atoms with Crippen LogP contribution in [0.1, 0.15) is 41.6 Å². The number of amides is 1. The molecule has 1 heterocycles. The summed E-state index contributed by atoms with van der Waals surface area (Å²) in [6, 6.07) is 15.5. The minimum absolute atomic E-state index is 0.100. The zero-order chi connectivity index (χ0) is 18.4. The summed E-state index contributed by atoms with van der Waals surface area (Å²) in [5.41, 5.74) is 3.82. The molecular formula is C22H25NO3. The second-order valence-corrected chi connectivity index (χ2v) is 6.81. The molecule has 0 N–H and O–H groups in total. The van der Waals surface area contributed by atoms with Crippen molar-refractivity contribution in [3.63, 3.8) is 0 Å². The Labute approximate surface area is 154 Å². The third-order valence-corrected chi connectivity index (χ3v) is 4.79. The minimum atomic E-state index is -0.455. The first kappa shape index (κ1) is 18.2. The van der Waals surface area contributed by atoms with Gasteiger partial charge in [-0.2, -0.15) is 0 Å². The van der Waals surface area contributed by atoms with E-state index in [0.717, 1.165) is 49.9 Å². The number of benzene rings is 2. The lowest BCUT2D eigenvalue weighted by molar-refractivity contribution is -0.134. The van der Waals surface area contributed by atoms with Crippen molar-refractivity contribution < 1.29 is 14.3 Å². The zero-order valence-corrected chi connectivity index (χ0v) is 15.2. The molecule has 0 atom stereocenters. The van der Waals surface area contributed by atoms with Gasteiger partial charge in [0.15, 0.2) is 6.61 Å². The van der Waals surface area contributed by atoms with E-state index in [1.165, 1.54) is 5.56 Å². The number of nitrogens with zero attached hydrogens (tertiary/aromatic N) is 1. The van der Waals surface area contributed by atoms with Gasteiger partial charge in [-0.1, -0.05) is 54.8 Å². The molecule has 3 rings (SSSR count). The van der Waals surface area contributed by atoms with Gasteiger partial charge in [-0.15, -0.1) is 0 Å². The molecule has 1 aliphatic heterocycles. The first-order valence-corrected chi connectivity index (χ1v) is 9.25. The smallest absolute Gasteiger partial charge is 0.338 e. The van der Waals surface area contributed by atoms with E-state index in [1.807, 2.05) is 12.1 Å². The van der Waals surface area contributed by atoms with Crippen molar-refractivity contribution in [3.05, 3.63) is 59.7 Å². The van der Waals surface area contributed by atoms with Gasteiger partial charge in [0.1, 0.15) is 0 Å². The fourth-order valence-corrected chi connectivity index (χ4v) is 3.17. The Kier molecular flexibility index (Phi) is 6.05. The van der Waals surface area contributed by atoms with Gasteiger partial charge in [0.25, 0.3) is 5.91 Å². The molecule has 0 aromatic heterocycles. The highest BCUT2D eigenvalue weighted by molar-refractivity contribution is 5.91. The number of carbonyl (C=O) groups is 2. The van der Waals surface area contributed by atoms with Gasteiger partial charge in [0.05, 0.1) is 5.56 Å². The van der Waals surface area contributed by atoms with E-state index < -0.39 is 5.97 Å². The largest absolute Gasteiger partial charge is 0.452 e. The molecule has 2 aromatic rings. The molecule has 4 heteroatoms. The van der Waals surface area contributed by atoms with E-state index in [1.54, 1.807) is 17.0 Å². The van der Waals surface area contributed by atoms with Crippen LogP contribution < -0.4 is 0 Å². The Morgan fingerprint density at radius 1 is 0.846 bits per heavy atom. The van der Waals surface area contributed by atoms with E-state index >= 15 is 0 Å². The first-order chi connectivity index (χ1) is 12.6. The SMILES string of the molecule is Cc1ccc(-c2ccc(C(=O)OCC(=O)N3CCCCCC3)cc2)cc1. The maximum atomic E-state index is 12.2. The molecule has 4 nitrogen and oxygen atoms in total. The van der Waals surface area contributed by atoms with Gasteiger partial charge < -0.3 is 9.64 Å². The minimum Gasteiger partial charge on any atom is -0.452 e. The molecule has 1 aliphatic rings. The van der Waals surface area contributed by atoms with Crippen LogP contribution in [0.25, 0.3) is 11.1 Å². The van der Waals surface area contributed by atoms with Crippen molar-refractivity contribution in [2.45, 2.75) is 32.6 Å². The maximum absolute atomic E-state index is 12.2. The van der Waals surface area contributed by atoms with Crippen LogP contribution in [-0.2, 0) is 9.53 Å². The van der Waals surface area contributed by atoms with Gasteiger partial charge in [-0.05, 0) is 43.0 Å². The fourth-order valence-electron chi connectivity index (χ4n) is 3.17. The summed E-state index contributed by atoms with van der Waals surface area (Å²) in [4.78, 5) is 26.2. The summed E-state index contributed by atoms with van der Waals surface area (Å²) < 4.78 is 5.22. The number of esters is 1. The van der Waals surface area contributed by atoms with Crippen molar-refractivity contribution >= 4 is 11.9 Å². The van der Waals surface area contributed by atoms with Crippen LogP contribution in [0.3, 0.4) is 0 Å². The van der Waals surface area contributed by atoms with E-state index in [4.69, 9.17) is 4.74 Å². The van der Waals surface area contributed by atoms with Crippen LogP contribution in [0.15, 0.2) is 48.5 Å². The number of ether oxygens (including phenoxy) is 1. The first-order valence-electron chi connectivity index (χ1n) is 9.25. The van der Waals surface area contributed by atoms with Crippen LogP contribution >= 0.6 is 0 Å². The predicted octanol–water partition coefficient (Wildman–Crippen LogP) is 4.22. The number of aryl methyl sites for hydroxylation is 1. The fraction of sp³-hybridized carbons (Fsp3) is 0.364. The third kappa shape index (κ3) is 4.72. The van der Waals surface area contributed by atoms with Crippen LogP contribution in [-0.4, -0.2) is 36.5 Å². The lowest BCUT2D eigenvalue weighted by Gasteiger charge is -2.19. The Morgan fingerprint density at radius 2 is 1.38 bits per heavy atom. The van der Waals surface area contributed by atoms with E-state index in [9.17, 15) is 9.59 Å². The molecule has 2 aromatic carbocycles. The molecule has 0 radical (unpaired) electrons. The van der Waals surface area contributed by atoms with Gasteiger partial charge >= 0.3 is 5.97 Å².